The number of anilines is 1. The molecule has 0 unspecified atom stereocenters. The molecule has 0 aliphatic carbocycles. The molecule has 0 radical (unpaired) electrons. The fraction of sp³-hybridized carbons (Fsp3) is 0.294. The van der Waals surface area contributed by atoms with E-state index < -0.39 is 0 Å². The Kier molecular flexibility index (Phi) is 4.96. The molecular formula is C17H21NOS. The van der Waals surface area contributed by atoms with E-state index in [1.54, 1.807) is 11.8 Å². The molecule has 2 rings (SSSR count). The number of rotatable bonds is 5. The van der Waals surface area contributed by atoms with Crippen LogP contribution >= 0.6 is 11.8 Å². The van der Waals surface area contributed by atoms with Crippen LogP contribution in [-0.4, -0.2) is 12.4 Å². The Morgan fingerprint density at radius 1 is 1.10 bits per heavy atom. The van der Waals surface area contributed by atoms with Crippen molar-refractivity contribution in [2.24, 2.45) is 0 Å². The van der Waals surface area contributed by atoms with Crippen molar-refractivity contribution >= 4 is 17.4 Å². The molecule has 2 aromatic carbocycles. The SMILES string of the molecule is Cc1ccc(C)c(OCCSc2cccc(N)c2C)c1. The van der Waals surface area contributed by atoms with Crippen LogP contribution in [0.15, 0.2) is 41.3 Å². The van der Waals surface area contributed by atoms with E-state index in [9.17, 15) is 0 Å². The smallest absolute Gasteiger partial charge is 0.122 e. The zero-order chi connectivity index (χ0) is 14.5. The van der Waals surface area contributed by atoms with Gasteiger partial charge in [-0.1, -0.05) is 18.2 Å². The van der Waals surface area contributed by atoms with Gasteiger partial charge in [0.15, 0.2) is 0 Å². The largest absolute Gasteiger partial charge is 0.492 e. The first kappa shape index (κ1) is 14.8. The van der Waals surface area contributed by atoms with Gasteiger partial charge in [0.05, 0.1) is 6.61 Å². The van der Waals surface area contributed by atoms with Crippen LogP contribution in [0.2, 0.25) is 0 Å². The quantitative estimate of drug-likeness (QED) is 0.504. The van der Waals surface area contributed by atoms with Gasteiger partial charge < -0.3 is 10.5 Å². The highest BCUT2D eigenvalue weighted by molar-refractivity contribution is 7.99. The summed E-state index contributed by atoms with van der Waals surface area (Å²) in [6, 6.07) is 12.3. The number of benzene rings is 2. The van der Waals surface area contributed by atoms with Crippen molar-refractivity contribution in [1.29, 1.82) is 0 Å². The maximum absolute atomic E-state index is 5.91. The Labute approximate surface area is 125 Å². The number of nitrogen functional groups attached to an aromatic ring is 1. The van der Waals surface area contributed by atoms with Gasteiger partial charge in [0, 0.05) is 16.3 Å². The summed E-state index contributed by atoms with van der Waals surface area (Å²) < 4.78 is 5.86. The summed E-state index contributed by atoms with van der Waals surface area (Å²) in [5.41, 5.74) is 10.3. The second-order valence-electron chi connectivity index (χ2n) is 4.94. The highest BCUT2D eigenvalue weighted by Crippen LogP contribution is 2.26. The summed E-state index contributed by atoms with van der Waals surface area (Å²) in [6.07, 6.45) is 0. The van der Waals surface area contributed by atoms with Crippen LogP contribution in [-0.2, 0) is 0 Å². The van der Waals surface area contributed by atoms with Crippen LogP contribution in [0, 0.1) is 20.8 Å². The number of nitrogens with two attached hydrogens (primary N) is 1. The average Bonchev–Trinajstić information content (AvgIpc) is 2.43. The summed E-state index contributed by atoms with van der Waals surface area (Å²) in [6.45, 7) is 6.91. The third-order valence-corrected chi connectivity index (χ3v) is 4.39. The number of aryl methyl sites for hydroxylation is 2. The maximum Gasteiger partial charge on any atom is 0.122 e. The summed E-state index contributed by atoms with van der Waals surface area (Å²) in [5, 5.41) is 0. The monoisotopic (exact) mass is 287 g/mol. The van der Waals surface area contributed by atoms with E-state index in [4.69, 9.17) is 10.5 Å². The summed E-state index contributed by atoms with van der Waals surface area (Å²) >= 11 is 1.79. The van der Waals surface area contributed by atoms with Crippen LogP contribution < -0.4 is 10.5 Å². The van der Waals surface area contributed by atoms with Gasteiger partial charge in [0.25, 0.3) is 0 Å². The molecular weight excluding hydrogens is 266 g/mol. The molecule has 2 N–H and O–H groups in total. The minimum Gasteiger partial charge on any atom is -0.492 e. The number of hydrogen-bond acceptors (Lipinski definition) is 3. The minimum atomic E-state index is 0.698. The summed E-state index contributed by atoms with van der Waals surface area (Å²) in [7, 11) is 0. The van der Waals surface area contributed by atoms with Gasteiger partial charge in [-0.25, -0.2) is 0 Å². The van der Waals surface area contributed by atoms with Crippen LogP contribution in [0.1, 0.15) is 16.7 Å². The molecule has 0 fully saturated rings. The normalized spacial score (nSPS) is 10.6. The Hall–Kier alpha value is -1.61. The van der Waals surface area contributed by atoms with E-state index in [1.807, 2.05) is 12.1 Å². The van der Waals surface area contributed by atoms with Gasteiger partial charge in [0.1, 0.15) is 5.75 Å². The Morgan fingerprint density at radius 2 is 1.90 bits per heavy atom. The zero-order valence-electron chi connectivity index (χ0n) is 12.3. The lowest BCUT2D eigenvalue weighted by atomic mass is 10.1. The molecule has 0 atom stereocenters. The zero-order valence-corrected chi connectivity index (χ0v) is 13.1. The van der Waals surface area contributed by atoms with Crippen molar-refractivity contribution in [2.45, 2.75) is 25.7 Å². The standard InChI is InChI=1S/C17H21NOS/c1-12-7-8-13(2)16(11-12)19-9-10-20-17-6-4-5-15(18)14(17)3/h4-8,11H,9-10,18H2,1-3H3. The first-order chi connectivity index (χ1) is 9.58. The molecule has 3 heteroatoms. The van der Waals surface area contributed by atoms with E-state index >= 15 is 0 Å². The fourth-order valence-corrected chi connectivity index (χ4v) is 2.85. The third-order valence-electron chi connectivity index (χ3n) is 3.27. The minimum absolute atomic E-state index is 0.698. The second-order valence-corrected chi connectivity index (χ2v) is 6.07. The molecule has 2 aromatic rings. The molecule has 20 heavy (non-hydrogen) atoms. The van der Waals surface area contributed by atoms with Crippen molar-refractivity contribution in [2.75, 3.05) is 18.1 Å². The van der Waals surface area contributed by atoms with Gasteiger partial charge in [-0.15, -0.1) is 11.8 Å². The maximum atomic E-state index is 5.91. The Morgan fingerprint density at radius 3 is 2.70 bits per heavy atom. The molecule has 0 aliphatic rings. The fourth-order valence-electron chi connectivity index (χ4n) is 1.95. The lowest BCUT2D eigenvalue weighted by molar-refractivity contribution is 0.341. The first-order valence-electron chi connectivity index (χ1n) is 6.76. The predicted octanol–water partition coefficient (Wildman–Crippen LogP) is 4.37. The van der Waals surface area contributed by atoms with Crippen molar-refractivity contribution in [1.82, 2.24) is 0 Å². The summed E-state index contributed by atoms with van der Waals surface area (Å²) in [5.74, 6) is 1.90. The Balaban J connectivity index is 1.88. The molecule has 0 heterocycles. The van der Waals surface area contributed by atoms with Crippen LogP contribution in [0.25, 0.3) is 0 Å². The van der Waals surface area contributed by atoms with E-state index in [0.29, 0.717) is 6.61 Å². The van der Waals surface area contributed by atoms with Gasteiger partial charge in [-0.3, -0.25) is 0 Å². The van der Waals surface area contributed by atoms with Crippen molar-refractivity contribution < 1.29 is 4.74 Å². The molecule has 0 spiro atoms. The number of thioether (sulfide) groups is 1. The van der Waals surface area contributed by atoms with Crippen molar-refractivity contribution in [3.63, 3.8) is 0 Å². The van der Waals surface area contributed by atoms with E-state index in [0.717, 1.165) is 22.8 Å². The van der Waals surface area contributed by atoms with E-state index in [-0.39, 0.29) is 0 Å². The Bertz CT molecular complexity index is 592. The molecule has 0 aromatic heterocycles. The van der Waals surface area contributed by atoms with Crippen LogP contribution in [0.3, 0.4) is 0 Å². The van der Waals surface area contributed by atoms with E-state index in [1.165, 1.54) is 16.0 Å². The van der Waals surface area contributed by atoms with Gasteiger partial charge in [-0.05, 0) is 55.7 Å². The topological polar surface area (TPSA) is 35.2 Å². The molecule has 106 valence electrons. The van der Waals surface area contributed by atoms with Crippen LogP contribution in [0.4, 0.5) is 5.69 Å². The number of ether oxygens (including phenoxy) is 1. The van der Waals surface area contributed by atoms with E-state index in [2.05, 4.69) is 45.0 Å². The lowest BCUT2D eigenvalue weighted by Gasteiger charge is -2.11. The lowest BCUT2D eigenvalue weighted by Crippen LogP contribution is -2.02. The molecule has 0 bridgehead atoms. The van der Waals surface area contributed by atoms with Crippen LogP contribution in [0.5, 0.6) is 5.75 Å². The van der Waals surface area contributed by atoms with Gasteiger partial charge in [0.2, 0.25) is 0 Å². The molecule has 0 amide bonds. The molecule has 0 saturated carbocycles. The first-order valence-corrected chi connectivity index (χ1v) is 7.74. The van der Waals surface area contributed by atoms with Gasteiger partial charge in [-0.2, -0.15) is 0 Å². The van der Waals surface area contributed by atoms with Crippen molar-refractivity contribution in [3.8, 4) is 5.75 Å². The molecule has 0 aliphatic heterocycles. The third kappa shape index (κ3) is 3.70. The highest BCUT2D eigenvalue weighted by atomic mass is 32.2. The summed E-state index contributed by atoms with van der Waals surface area (Å²) in [4.78, 5) is 1.23. The number of hydrogen-bond donors (Lipinski definition) is 1. The highest BCUT2D eigenvalue weighted by Gasteiger charge is 2.03. The second kappa shape index (κ2) is 6.71. The van der Waals surface area contributed by atoms with Crippen molar-refractivity contribution in [3.05, 3.63) is 53.1 Å². The molecule has 2 nitrogen and oxygen atoms in total. The predicted molar refractivity (Wildman–Crippen MR) is 87.7 cm³/mol. The average molecular weight is 287 g/mol. The van der Waals surface area contributed by atoms with Gasteiger partial charge >= 0.3 is 0 Å². The molecule has 0 saturated heterocycles.